The molecular weight excluding hydrogens is 156 g/mol. The first-order chi connectivity index (χ1) is 5.83. The van der Waals surface area contributed by atoms with E-state index in [-0.39, 0.29) is 5.78 Å². The van der Waals surface area contributed by atoms with E-state index < -0.39 is 5.79 Å². The first kappa shape index (κ1) is 8.20. The van der Waals surface area contributed by atoms with Crippen molar-refractivity contribution in [1.82, 2.24) is 0 Å². The van der Waals surface area contributed by atoms with E-state index in [1.54, 1.807) is 0 Å². The van der Waals surface area contributed by atoms with Gasteiger partial charge in [0.2, 0.25) is 5.79 Å². The number of ether oxygens (including phenoxy) is 2. The molecule has 0 bridgehead atoms. The van der Waals surface area contributed by atoms with Crippen LogP contribution in [-0.2, 0) is 14.3 Å². The summed E-state index contributed by atoms with van der Waals surface area (Å²) in [5.74, 6) is -0.676. The molecule has 0 N–H and O–H groups in total. The van der Waals surface area contributed by atoms with Crippen LogP contribution in [0.2, 0.25) is 0 Å². The van der Waals surface area contributed by atoms with Gasteiger partial charge in [-0.25, -0.2) is 0 Å². The normalized spacial score (nSPS) is 37.2. The molecule has 2 heterocycles. The van der Waals surface area contributed by atoms with Gasteiger partial charge >= 0.3 is 0 Å². The van der Waals surface area contributed by atoms with Crippen LogP contribution >= 0.6 is 0 Å². The lowest BCUT2D eigenvalue weighted by Crippen LogP contribution is -2.49. The Bertz CT molecular complexity index is 174. The third kappa shape index (κ3) is 1.27. The summed E-state index contributed by atoms with van der Waals surface area (Å²) in [5.41, 5.74) is 0. The summed E-state index contributed by atoms with van der Waals surface area (Å²) in [6.45, 7) is 1.34. The maximum absolute atomic E-state index is 11.5. The number of Topliss-reactive ketones (excluding diaryl/α,β-unsaturated/α-hetero) is 1. The summed E-state index contributed by atoms with van der Waals surface area (Å²) in [6.07, 6.45) is 4.33. The Balaban J connectivity index is 2.09. The van der Waals surface area contributed by atoms with Crippen LogP contribution in [0.4, 0.5) is 0 Å². The third-order valence-electron chi connectivity index (χ3n) is 2.54. The van der Waals surface area contributed by atoms with E-state index >= 15 is 0 Å². The zero-order chi connectivity index (χ0) is 8.44. The molecule has 0 aromatic heterocycles. The van der Waals surface area contributed by atoms with Crippen molar-refractivity contribution < 1.29 is 14.3 Å². The van der Waals surface area contributed by atoms with Gasteiger partial charge in [0, 0.05) is 12.8 Å². The van der Waals surface area contributed by atoms with Gasteiger partial charge < -0.3 is 9.47 Å². The second-order valence-electron chi connectivity index (χ2n) is 3.43. The van der Waals surface area contributed by atoms with Crippen molar-refractivity contribution in [3.63, 3.8) is 0 Å². The average Bonchev–Trinajstić information content (AvgIpc) is 2.12. The van der Waals surface area contributed by atoms with Crippen molar-refractivity contribution in [3.8, 4) is 0 Å². The first-order valence-corrected chi connectivity index (χ1v) is 4.65. The molecule has 0 amide bonds. The van der Waals surface area contributed by atoms with Crippen molar-refractivity contribution in [3.05, 3.63) is 0 Å². The summed E-state index contributed by atoms with van der Waals surface area (Å²) in [4.78, 5) is 11.5. The van der Waals surface area contributed by atoms with Crippen LogP contribution in [-0.4, -0.2) is 24.8 Å². The minimum atomic E-state index is -0.823. The van der Waals surface area contributed by atoms with Gasteiger partial charge in [0.1, 0.15) is 0 Å². The molecule has 68 valence electrons. The van der Waals surface area contributed by atoms with Gasteiger partial charge in [0.05, 0.1) is 13.2 Å². The SMILES string of the molecule is O=C1CCCOC12CCCCO2. The molecule has 12 heavy (non-hydrogen) atoms. The summed E-state index contributed by atoms with van der Waals surface area (Å²) >= 11 is 0. The quantitative estimate of drug-likeness (QED) is 0.549. The smallest absolute Gasteiger partial charge is 0.228 e. The lowest BCUT2D eigenvalue weighted by Gasteiger charge is -2.38. The highest BCUT2D eigenvalue weighted by Crippen LogP contribution is 2.31. The molecule has 0 aliphatic carbocycles. The van der Waals surface area contributed by atoms with Crippen LogP contribution in [0.15, 0.2) is 0 Å². The molecule has 3 heteroatoms. The standard InChI is InChI=1S/C9H14O3/c10-8-4-3-7-12-9(8)5-1-2-6-11-9/h1-7H2. The highest BCUT2D eigenvalue weighted by Gasteiger charge is 2.43. The van der Waals surface area contributed by atoms with Gasteiger partial charge in [-0.2, -0.15) is 0 Å². The minimum absolute atomic E-state index is 0.147. The Labute approximate surface area is 72.0 Å². The van der Waals surface area contributed by atoms with Gasteiger partial charge in [0.25, 0.3) is 0 Å². The van der Waals surface area contributed by atoms with E-state index in [1.165, 1.54) is 0 Å². The van der Waals surface area contributed by atoms with E-state index in [9.17, 15) is 4.79 Å². The largest absolute Gasteiger partial charge is 0.344 e. The number of ketones is 1. The minimum Gasteiger partial charge on any atom is -0.344 e. The highest BCUT2D eigenvalue weighted by molar-refractivity contribution is 5.86. The molecule has 2 aliphatic heterocycles. The molecule has 2 saturated heterocycles. The van der Waals surface area contributed by atoms with E-state index in [0.717, 1.165) is 25.7 Å². The van der Waals surface area contributed by atoms with Crippen LogP contribution < -0.4 is 0 Å². The predicted molar refractivity (Wildman–Crippen MR) is 42.7 cm³/mol. The second-order valence-corrected chi connectivity index (χ2v) is 3.43. The summed E-state index contributed by atoms with van der Waals surface area (Å²) in [6, 6.07) is 0. The summed E-state index contributed by atoms with van der Waals surface area (Å²) < 4.78 is 10.9. The Morgan fingerprint density at radius 3 is 2.42 bits per heavy atom. The molecule has 0 aromatic rings. The summed E-state index contributed by atoms with van der Waals surface area (Å²) in [5, 5.41) is 0. The molecule has 1 unspecified atom stereocenters. The van der Waals surface area contributed by atoms with E-state index in [2.05, 4.69) is 0 Å². The lowest BCUT2D eigenvalue weighted by molar-refractivity contribution is -0.252. The van der Waals surface area contributed by atoms with Crippen molar-refractivity contribution >= 4 is 5.78 Å². The second kappa shape index (κ2) is 3.15. The summed E-state index contributed by atoms with van der Waals surface area (Å²) in [7, 11) is 0. The Kier molecular flexibility index (Phi) is 2.15. The molecule has 1 atom stereocenters. The van der Waals surface area contributed by atoms with Crippen molar-refractivity contribution in [1.29, 1.82) is 0 Å². The molecule has 2 fully saturated rings. The topological polar surface area (TPSA) is 35.5 Å². The highest BCUT2D eigenvalue weighted by atomic mass is 16.7. The maximum atomic E-state index is 11.5. The number of carbonyl (C=O) groups excluding carboxylic acids is 1. The zero-order valence-electron chi connectivity index (χ0n) is 7.17. The first-order valence-electron chi connectivity index (χ1n) is 4.65. The maximum Gasteiger partial charge on any atom is 0.228 e. The molecule has 3 nitrogen and oxygen atoms in total. The molecule has 0 aromatic carbocycles. The Hall–Kier alpha value is -0.410. The van der Waals surface area contributed by atoms with Gasteiger partial charge in [-0.3, -0.25) is 4.79 Å². The fourth-order valence-electron chi connectivity index (χ4n) is 1.84. The number of carbonyl (C=O) groups is 1. The molecule has 0 radical (unpaired) electrons. The zero-order valence-corrected chi connectivity index (χ0v) is 7.17. The molecular formula is C9H14O3. The molecule has 1 spiro atoms. The fourth-order valence-corrected chi connectivity index (χ4v) is 1.84. The molecule has 2 rings (SSSR count). The van der Waals surface area contributed by atoms with E-state index in [0.29, 0.717) is 19.6 Å². The monoisotopic (exact) mass is 170 g/mol. The predicted octanol–water partition coefficient (Wildman–Crippen LogP) is 1.26. The average molecular weight is 170 g/mol. The molecule has 2 aliphatic rings. The van der Waals surface area contributed by atoms with E-state index in [4.69, 9.17) is 9.47 Å². The number of hydrogen-bond acceptors (Lipinski definition) is 3. The van der Waals surface area contributed by atoms with Crippen LogP contribution in [0.5, 0.6) is 0 Å². The van der Waals surface area contributed by atoms with Gasteiger partial charge in [-0.1, -0.05) is 0 Å². The van der Waals surface area contributed by atoms with Gasteiger partial charge in [-0.15, -0.1) is 0 Å². The lowest BCUT2D eigenvalue weighted by atomic mass is 9.96. The van der Waals surface area contributed by atoms with Crippen molar-refractivity contribution in [2.45, 2.75) is 37.9 Å². The van der Waals surface area contributed by atoms with Crippen LogP contribution in [0.3, 0.4) is 0 Å². The number of rotatable bonds is 0. The van der Waals surface area contributed by atoms with Crippen molar-refractivity contribution in [2.75, 3.05) is 13.2 Å². The van der Waals surface area contributed by atoms with Gasteiger partial charge in [0.15, 0.2) is 5.78 Å². The Morgan fingerprint density at radius 1 is 1.08 bits per heavy atom. The van der Waals surface area contributed by atoms with E-state index in [1.807, 2.05) is 0 Å². The van der Waals surface area contributed by atoms with Gasteiger partial charge in [-0.05, 0) is 19.3 Å². The van der Waals surface area contributed by atoms with Crippen LogP contribution in [0, 0.1) is 0 Å². The third-order valence-corrected chi connectivity index (χ3v) is 2.54. The van der Waals surface area contributed by atoms with Crippen LogP contribution in [0.1, 0.15) is 32.1 Å². The van der Waals surface area contributed by atoms with Crippen molar-refractivity contribution in [2.24, 2.45) is 0 Å². The van der Waals surface area contributed by atoms with Crippen LogP contribution in [0.25, 0.3) is 0 Å². The Morgan fingerprint density at radius 2 is 1.83 bits per heavy atom. The molecule has 0 saturated carbocycles. The fraction of sp³-hybridized carbons (Fsp3) is 0.889. The number of hydrogen-bond donors (Lipinski definition) is 0.